The predicted molar refractivity (Wildman–Crippen MR) is 39.0 cm³/mol. The molecule has 0 radical (unpaired) electrons. The van der Waals surface area contributed by atoms with Gasteiger partial charge in [-0.3, -0.25) is 4.84 Å². The summed E-state index contributed by atoms with van der Waals surface area (Å²) in [5.41, 5.74) is 2.33. The highest BCUT2D eigenvalue weighted by atomic mass is 19.4. The van der Waals surface area contributed by atoms with Crippen LogP contribution in [0.4, 0.5) is 13.2 Å². The lowest BCUT2D eigenvalue weighted by Crippen LogP contribution is -2.38. The Labute approximate surface area is 74.2 Å². The van der Waals surface area contributed by atoms with Crippen molar-refractivity contribution in [3.05, 3.63) is 0 Å². The van der Waals surface area contributed by atoms with Gasteiger partial charge in [0.2, 0.25) is 0 Å². The van der Waals surface area contributed by atoms with Gasteiger partial charge >= 0.3 is 6.18 Å². The van der Waals surface area contributed by atoms with Gasteiger partial charge in [-0.2, -0.15) is 18.7 Å². The number of halogens is 3. The first-order valence-corrected chi connectivity index (χ1v) is 4.10. The standard InChI is InChI=1S/C7H12F3NO2/c8-7(9,10)5-13-11-6-2-1-3-12-4-6/h6,11H,1-5H2. The Morgan fingerprint density at radius 1 is 1.46 bits per heavy atom. The first-order valence-electron chi connectivity index (χ1n) is 4.10. The van der Waals surface area contributed by atoms with E-state index in [4.69, 9.17) is 4.74 Å². The van der Waals surface area contributed by atoms with E-state index in [9.17, 15) is 13.2 Å². The molecule has 1 unspecified atom stereocenters. The molecule has 0 spiro atoms. The molecule has 1 atom stereocenters. The lowest BCUT2D eigenvalue weighted by molar-refractivity contribution is -0.195. The molecule has 1 rings (SSSR count). The smallest absolute Gasteiger partial charge is 0.380 e. The quantitative estimate of drug-likeness (QED) is 0.694. The Morgan fingerprint density at radius 3 is 2.77 bits per heavy atom. The van der Waals surface area contributed by atoms with E-state index < -0.39 is 12.8 Å². The zero-order valence-corrected chi connectivity index (χ0v) is 7.06. The average Bonchev–Trinajstić information content (AvgIpc) is 2.04. The largest absolute Gasteiger partial charge is 0.413 e. The van der Waals surface area contributed by atoms with E-state index in [0.717, 1.165) is 12.8 Å². The van der Waals surface area contributed by atoms with Gasteiger partial charge < -0.3 is 4.74 Å². The van der Waals surface area contributed by atoms with E-state index >= 15 is 0 Å². The first-order chi connectivity index (χ1) is 6.08. The molecule has 0 saturated carbocycles. The summed E-state index contributed by atoms with van der Waals surface area (Å²) in [6.45, 7) is -0.168. The molecule has 1 aliphatic heterocycles. The number of hydrogen-bond acceptors (Lipinski definition) is 3. The molecule has 6 heteroatoms. The molecule has 1 saturated heterocycles. The molecule has 1 fully saturated rings. The Kier molecular flexibility index (Phi) is 3.95. The van der Waals surface area contributed by atoms with Crippen LogP contribution in [-0.2, 0) is 9.57 Å². The van der Waals surface area contributed by atoms with Gasteiger partial charge in [-0.1, -0.05) is 0 Å². The maximum Gasteiger partial charge on any atom is 0.413 e. The molecule has 0 amide bonds. The van der Waals surface area contributed by atoms with Gasteiger partial charge in [-0.05, 0) is 12.8 Å². The second-order valence-electron chi connectivity index (χ2n) is 2.94. The lowest BCUT2D eigenvalue weighted by Gasteiger charge is -2.22. The van der Waals surface area contributed by atoms with Gasteiger partial charge in [0, 0.05) is 6.61 Å². The molecule has 0 aromatic heterocycles. The third-order valence-electron chi connectivity index (χ3n) is 1.65. The van der Waals surface area contributed by atoms with E-state index in [-0.39, 0.29) is 6.04 Å². The van der Waals surface area contributed by atoms with Crippen molar-refractivity contribution >= 4 is 0 Å². The fourth-order valence-electron chi connectivity index (χ4n) is 1.08. The Hall–Kier alpha value is -0.330. The number of ether oxygens (including phenoxy) is 1. The van der Waals surface area contributed by atoms with Crippen LogP contribution in [0.5, 0.6) is 0 Å². The highest BCUT2D eigenvalue weighted by Gasteiger charge is 2.28. The Bertz CT molecular complexity index is 145. The van der Waals surface area contributed by atoms with Gasteiger partial charge in [-0.25, -0.2) is 0 Å². The molecule has 1 N–H and O–H groups in total. The van der Waals surface area contributed by atoms with Crippen LogP contribution in [-0.4, -0.2) is 32.0 Å². The normalized spacial score (nSPS) is 24.7. The summed E-state index contributed by atoms with van der Waals surface area (Å²) in [5, 5.41) is 0. The third-order valence-corrected chi connectivity index (χ3v) is 1.65. The lowest BCUT2D eigenvalue weighted by atomic mass is 10.1. The van der Waals surface area contributed by atoms with E-state index in [1.54, 1.807) is 0 Å². The summed E-state index contributed by atoms with van der Waals surface area (Å²) >= 11 is 0. The minimum Gasteiger partial charge on any atom is -0.380 e. The zero-order chi connectivity index (χ0) is 9.73. The van der Waals surface area contributed by atoms with Crippen LogP contribution < -0.4 is 5.48 Å². The van der Waals surface area contributed by atoms with Gasteiger partial charge in [0.05, 0.1) is 12.6 Å². The Morgan fingerprint density at radius 2 is 2.23 bits per heavy atom. The molecule has 1 heterocycles. The molecule has 0 aromatic carbocycles. The van der Waals surface area contributed by atoms with Crippen molar-refractivity contribution in [2.75, 3.05) is 19.8 Å². The van der Waals surface area contributed by atoms with E-state index in [2.05, 4.69) is 10.3 Å². The Balaban J connectivity index is 2.04. The monoisotopic (exact) mass is 199 g/mol. The van der Waals surface area contributed by atoms with Gasteiger partial charge in [0.25, 0.3) is 0 Å². The first kappa shape index (κ1) is 10.7. The summed E-state index contributed by atoms with van der Waals surface area (Å²) in [7, 11) is 0. The fourth-order valence-corrected chi connectivity index (χ4v) is 1.08. The SMILES string of the molecule is FC(F)(F)CONC1CCCOC1. The highest BCUT2D eigenvalue weighted by molar-refractivity contribution is 4.65. The van der Waals surface area contributed by atoms with Crippen LogP contribution in [0.2, 0.25) is 0 Å². The molecule has 0 bridgehead atoms. The van der Waals surface area contributed by atoms with Crippen molar-refractivity contribution < 1.29 is 22.7 Å². The maximum absolute atomic E-state index is 11.6. The van der Waals surface area contributed by atoms with Gasteiger partial charge in [0.1, 0.15) is 0 Å². The van der Waals surface area contributed by atoms with Crippen LogP contribution in [0.1, 0.15) is 12.8 Å². The molecule has 78 valence electrons. The van der Waals surface area contributed by atoms with Crippen molar-refractivity contribution in [3.8, 4) is 0 Å². The van der Waals surface area contributed by atoms with Crippen molar-refractivity contribution in [2.24, 2.45) is 0 Å². The van der Waals surface area contributed by atoms with Crippen LogP contribution in [0.3, 0.4) is 0 Å². The highest BCUT2D eigenvalue weighted by Crippen LogP contribution is 2.14. The minimum absolute atomic E-state index is 0.115. The van der Waals surface area contributed by atoms with Crippen LogP contribution >= 0.6 is 0 Å². The number of alkyl halides is 3. The topological polar surface area (TPSA) is 30.5 Å². The predicted octanol–water partition coefficient (Wildman–Crippen LogP) is 1.25. The molecular formula is C7H12F3NO2. The summed E-state index contributed by atoms with van der Waals surface area (Å²) in [5.74, 6) is 0. The third kappa shape index (κ3) is 5.07. The summed E-state index contributed by atoms with van der Waals surface area (Å²) in [6, 6.07) is -0.115. The molecular weight excluding hydrogens is 187 g/mol. The number of rotatable bonds is 3. The van der Waals surface area contributed by atoms with E-state index in [0.29, 0.717) is 13.2 Å². The van der Waals surface area contributed by atoms with Crippen LogP contribution in [0.15, 0.2) is 0 Å². The molecule has 1 aliphatic rings. The zero-order valence-electron chi connectivity index (χ0n) is 7.06. The van der Waals surface area contributed by atoms with Gasteiger partial charge in [-0.15, -0.1) is 0 Å². The van der Waals surface area contributed by atoms with E-state index in [1.165, 1.54) is 0 Å². The fraction of sp³-hybridized carbons (Fsp3) is 1.00. The second-order valence-corrected chi connectivity index (χ2v) is 2.94. The number of hydroxylamine groups is 1. The second kappa shape index (κ2) is 4.78. The minimum atomic E-state index is -4.28. The molecule has 0 aromatic rings. The molecule has 13 heavy (non-hydrogen) atoms. The van der Waals surface area contributed by atoms with Gasteiger partial charge in [0.15, 0.2) is 6.61 Å². The average molecular weight is 199 g/mol. The number of hydrogen-bond donors (Lipinski definition) is 1. The van der Waals surface area contributed by atoms with Crippen molar-refractivity contribution in [1.82, 2.24) is 5.48 Å². The number of nitrogens with one attached hydrogen (secondary N) is 1. The summed E-state index contributed by atoms with van der Waals surface area (Å²) < 4.78 is 39.9. The van der Waals surface area contributed by atoms with Crippen molar-refractivity contribution in [1.29, 1.82) is 0 Å². The van der Waals surface area contributed by atoms with Crippen LogP contribution in [0, 0.1) is 0 Å². The summed E-state index contributed by atoms with van der Waals surface area (Å²) in [4.78, 5) is 4.28. The maximum atomic E-state index is 11.6. The van der Waals surface area contributed by atoms with Crippen molar-refractivity contribution in [3.63, 3.8) is 0 Å². The van der Waals surface area contributed by atoms with Crippen LogP contribution in [0.25, 0.3) is 0 Å². The van der Waals surface area contributed by atoms with Crippen molar-refractivity contribution in [2.45, 2.75) is 25.1 Å². The molecule has 3 nitrogen and oxygen atoms in total. The summed E-state index contributed by atoms with van der Waals surface area (Å²) in [6.07, 6.45) is -2.63. The molecule has 0 aliphatic carbocycles. The van der Waals surface area contributed by atoms with E-state index in [1.807, 2.05) is 0 Å².